The van der Waals surface area contributed by atoms with Crippen LogP contribution in [0.25, 0.3) is 0 Å². The normalized spacial score (nSPS) is 10.9. The second-order valence-electron chi connectivity index (χ2n) is 5.21. The molecule has 1 amide bonds. The van der Waals surface area contributed by atoms with Crippen molar-refractivity contribution in [1.29, 1.82) is 0 Å². The van der Waals surface area contributed by atoms with E-state index in [0.717, 1.165) is 21.4 Å². The summed E-state index contributed by atoms with van der Waals surface area (Å²) in [7, 11) is 0. The van der Waals surface area contributed by atoms with E-state index in [-0.39, 0.29) is 11.8 Å². The number of nitrogens with zero attached hydrogens (tertiary/aromatic N) is 1. The lowest BCUT2D eigenvalue weighted by Gasteiger charge is -2.07. The highest BCUT2D eigenvalue weighted by Gasteiger charge is 2.19. The molecular weight excluding hydrogens is 318 g/mol. The molecular formula is C15H18BrN3O. The van der Waals surface area contributed by atoms with Crippen molar-refractivity contribution in [2.24, 2.45) is 0 Å². The summed E-state index contributed by atoms with van der Waals surface area (Å²) in [6.45, 7) is 8.15. The molecule has 4 nitrogen and oxygen atoms in total. The van der Waals surface area contributed by atoms with Gasteiger partial charge < -0.3 is 5.32 Å². The zero-order valence-electron chi connectivity index (χ0n) is 12.0. The van der Waals surface area contributed by atoms with Gasteiger partial charge in [-0.2, -0.15) is 5.10 Å². The van der Waals surface area contributed by atoms with Crippen LogP contribution in [-0.2, 0) is 0 Å². The molecule has 0 saturated heterocycles. The second-order valence-corrected chi connectivity index (χ2v) is 6.00. The van der Waals surface area contributed by atoms with E-state index < -0.39 is 0 Å². The van der Waals surface area contributed by atoms with Gasteiger partial charge in [-0.15, -0.1) is 0 Å². The molecule has 0 bridgehead atoms. The predicted octanol–water partition coefficient (Wildman–Crippen LogP) is 4.16. The molecule has 106 valence electrons. The Morgan fingerprint density at radius 3 is 2.55 bits per heavy atom. The Labute approximate surface area is 127 Å². The summed E-state index contributed by atoms with van der Waals surface area (Å²) >= 11 is 3.44. The Morgan fingerprint density at radius 2 is 2.00 bits per heavy atom. The van der Waals surface area contributed by atoms with Gasteiger partial charge in [0.1, 0.15) is 0 Å². The number of hydrogen-bond acceptors (Lipinski definition) is 2. The molecule has 0 atom stereocenters. The molecule has 0 fully saturated rings. The number of aromatic nitrogens is 2. The number of H-pyrrole nitrogens is 1. The number of anilines is 1. The van der Waals surface area contributed by atoms with Crippen LogP contribution in [0.3, 0.4) is 0 Å². The van der Waals surface area contributed by atoms with E-state index in [9.17, 15) is 4.79 Å². The SMILES string of the molecule is Cc1ccc(NC(=O)c2n[nH]c(C(C)C)c2Br)cc1C. The van der Waals surface area contributed by atoms with Crippen LogP contribution in [0.5, 0.6) is 0 Å². The van der Waals surface area contributed by atoms with Crippen molar-refractivity contribution in [3.63, 3.8) is 0 Å². The molecule has 2 N–H and O–H groups in total. The molecule has 20 heavy (non-hydrogen) atoms. The second kappa shape index (κ2) is 5.79. The number of aryl methyl sites for hydroxylation is 2. The van der Waals surface area contributed by atoms with Gasteiger partial charge in [-0.3, -0.25) is 9.89 Å². The van der Waals surface area contributed by atoms with Crippen LogP contribution in [0, 0.1) is 13.8 Å². The Morgan fingerprint density at radius 1 is 1.30 bits per heavy atom. The first-order chi connectivity index (χ1) is 9.40. The summed E-state index contributed by atoms with van der Waals surface area (Å²) in [4.78, 5) is 12.2. The minimum atomic E-state index is -0.219. The molecule has 2 aromatic rings. The van der Waals surface area contributed by atoms with Crippen molar-refractivity contribution in [3.05, 3.63) is 45.2 Å². The fraction of sp³-hybridized carbons (Fsp3) is 0.333. The molecule has 0 saturated carbocycles. The summed E-state index contributed by atoms with van der Waals surface area (Å²) < 4.78 is 0.730. The molecule has 1 aromatic heterocycles. The topological polar surface area (TPSA) is 57.8 Å². The first-order valence-electron chi connectivity index (χ1n) is 6.52. The maximum atomic E-state index is 12.2. The maximum Gasteiger partial charge on any atom is 0.277 e. The number of carbonyl (C=O) groups excluding carboxylic acids is 1. The van der Waals surface area contributed by atoms with Crippen molar-refractivity contribution in [2.75, 3.05) is 5.32 Å². The van der Waals surface area contributed by atoms with Crippen LogP contribution in [0.1, 0.15) is 47.1 Å². The fourth-order valence-electron chi connectivity index (χ4n) is 1.88. The summed E-state index contributed by atoms with van der Waals surface area (Å²) in [6, 6.07) is 5.84. The summed E-state index contributed by atoms with van der Waals surface area (Å²) in [5.41, 5.74) is 4.43. The number of carbonyl (C=O) groups is 1. The monoisotopic (exact) mass is 335 g/mol. The Kier molecular flexibility index (Phi) is 4.28. The predicted molar refractivity (Wildman–Crippen MR) is 84.2 cm³/mol. The van der Waals surface area contributed by atoms with Gasteiger partial charge in [0.15, 0.2) is 5.69 Å². The minimum absolute atomic E-state index is 0.219. The third kappa shape index (κ3) is 2.93. The van der Waals surface area contributed by atoms with Crippen LogP contribution in [0.4, 0.5) is 5.69 Å². The van der Waals surface area contributed by atoms with Gasteiger partial charge in [0.25, 0.3) is 5.91 Å². The lowest BCUT2D eigenvalue weighted by atomic mass is 10.1. The first-order valence-corrected chi connectivity index (χ1v) is 7.31. The third-order valence-corrected chi connectivity index (χ3v) is 4.09. The van der Waals surface area contributed by atoms with E-state index in [1.54, 1.807) is 0 Å². The molecule has 0 aliphatic carbocycles. The van der Waals surface area contributed by atoms with E-state index in [0.29, 0.717) is 5.69 Å². The molecule has 0 spiro atoms. The van der Waals surface area contributed by atoms with E-state index >= 15 is 0 Å². The summed E-state index contributed by atoms with van der Waals surface area (Å²) in [6.07, 6.45) is 0. The van der Waals surface area contributed by atoms with Crippen molar-refractivity contribution in [1.82, 2.24) is 10.2 Å². The van der Waals surface area contributed by atoms with Crippen molar-refractivity contribution >= 4 is 27.5 Å². The number of rotatable bonds is 3. The Hall–Kier alpha value is -1.62. The lowest BCUT2D eigenvalue weighted by molar-refractivity contribution is 0.102. The Bertz CT molecular complexity index is 647. The number of nitrogens with one attached hydrogen (secondary N) is 2. The minimum Gasteiger partial charge on any atom is -0.321 e. The highest BCUT2D eigenvalue weighted by molar-refractivity contribution is 9.10. The van der Waals surface area contributed by atoms with E-state index in [4.69, 9.17) is 0 Å². The molecule has 1 aromatic carbocycles. The van der Waals surface area contributed by atoms with Crippen LogP contribution in [-0.4, -0.2) is 16.1 Å². The van der Waals surface area contributed by atoms with E-state index in [2.05, 4.69) is 31.4 Å². The van der Waals surface area contributed by atoms with Crippen molar-refractivity contribution in [2.45, 2.75) is 33.6 Å². The summed E-state index contributed by atoms with van der Waals surface area (Å²) in [5.74, 6) is 0.0586. The van der Waals surface area contributed by atoms with Gasteiger partial charge in [-0.25, -0.2) is 0 Å². The van der Waals surface area contributed by atoms with Crippen LogP contribution in [0.2, 0.25) is 0 Å². The van der Waals surface area contributed by atoms with Gasteiger partial charge in [0.05, 0.1) is 10.2 Å². The van der Waals surface area contributed by atoms with Gasteiger partial charge >= 0.3 is 0 Å². The molecule has 5 heteroatoms. The maximum absolute atomic E-state index is 12.2. The molecule has 1 heterocycles. The first kappa shape index (κ1) is 14.8. The number of hydrogen-bond donors (Lipinski definition) is 2. The number of aromatic amines is 1. The quantitative estimate of drug-likeness (QED) is 0.884. The standard InChI is InChI=1S/C15H18BrN3O/c1-8(2)13-12(16)14(19-18-13)15(20)17-11-6-5-9(3)10(4)7-11/h5-8H,1-4H3,(H,17,20)(H,18,19). The van der Waals surface area contributed by atoms with Crippen molar-refractivity contribution in [3.8, 4) is 0 Å². The number of benzene rings is 1. The molecule has 0 aliphatic heterocycles. The molecule has 0 unspecified atom stereocenters. The average Bonchev–Trinajstić information content (AvgIpc) is 2.76. The van der Waals surface area contributed by atoms with E-state index in [1.807, 2.05) is 45.9 Å². The van der Waals surface area contributed by atoms with Gasteiger partial charge in [-0.05, 0) is 59.0 Å². The Balaban J connectivity index is 2.22. The van der Waals surface area contributed by atoms with Crippen molar-refractivity contribution < 1.29 is 4.79 Å². The highest BCUT2D eigenvalue weighted by Crippen LogP contribution is 2.26. The van der Waals surface area contributed by atoms with Gasteiger partial charge in [0.2, 0.25) is 0 Å². The average molecular weight is 336 g/mol. The van der Waals surface area contributed by atoms with Gasteiger partial charge in [-0.1, -0.05) is 19.9 Å². The van der Waals surface area contributed by atoms with E-state index in [1.165, 1.54) is 5.56 Å². The fourth-order valence-corrected chi connectivity index (χ4v) is 2.70. The molecule has 2 rings (SSSR count). The zero-order chi connectivity index (χ0) is 14.9. The zero-order valence-corrected chi connectivity index (χ0v) is 13.6. The highest BCUT2D eigenvalue weighted by atomic mass is 79.9. The van der Waals surface area contributed by atoms with Gasteiger partial charge in [0, 0.05) is 5.69 Å². The van der Waals surface area contributed by atoms with Crippen LogP contribution >= 0.6 is 15.9 Å². The van der Waals surface area contributed by atoms with Crippen LogP contribution < -0.4 is 5.32 Å². The smallest absolute Gasteiger partial charge is 0.277 e. The summed E-state index contributed by atoms with van der Waals surface area (Å²) in [5, 5.41) is 9.86. The van der Waals surface area contributed by atoms with Crippen LogP contribution in [0.15, 0.2) is 22.7 Å². The number of amides is 1. The number of halogens is 1. The molecule has 0 radical (unpaired) electrons. The lowest BCUT2D eigenvalue weighted by Crippen LogP contribution is -2.13. The molecule has 0 aliphatic rings. The third-order valence-electron chi connectivity index (χ3n) is 3.29. The largest absolute Gasteiger partial charge is 0.321 e.